The Morgan fingerprint density at radius 2 is 1.71 bits per heavy atom. The summed E-state index contributed by atoms with van der Waals surface area (Å²) < 4.78 is 29.4. The number of methoxy groups -OCH3 is 1. The second kappa shape index (κ2) is 10.5. The summed E-state index contributed by atoms with van der Waals surface area (Å²) in [5.74, 6) is 1.09. The number of ether oxygens (including phenoxy) is 5. The van der Waals surface area contributed by atoms with Crippen molar-refractivity contribution in [1.29, 1.82) is 0 Å². The smallest absolute Gasteiger partial charge is 0.348 e. The molecule has 3 aliphatic rings. The molecule has 0 aromatic heterocycles. The Balaban J connectivity index is 1.47. The van der Waals surface area contributed by atoms with E-state index in [1.807, 2.05) is 36.4 Å². The molecule has 7 heteroatoms. The third-order valence-corrected chi connectivity index (χ3v) is 7.11. The fourth-order valence-corrected chi connectivity index (χ4v) is 4.88. The van der Waals surface area contributed by atoms with E-state index < -0.39 is 11.6 Å². The number of rotatable bonds is 10. The third-order valence-electron chi connectivity index (χ3n) is 7.11. The lowest BCUT2D eigenvalue weighted by Crippen LogP contribution is -2.49. The number of hydrogen-bond acceptors (Lipinski definition) is 6. The van der Waals surface area contributed by atoms with Gasteiger partial charge in [-0.25, -0.2) is 4.79 Å². The molecule has 0 unspecified atom stereocenters. The van der Waals surface area contributed by atoms with E-state index in [9.17, 15) is 9.90 Å². The van der Waals surface area contributed by atoms with Gasteiger partial charge in [0, 0.05) is 18.9 Å². The molecule has 5 rings (SSSR count). The van der Waals surface area contributed by atoms with Gasteiger partial charge in [-0.1, -0.05) is 18.9 Å². The number of carboxylic acid groups (broad SMARTS) is 1. The Morgan fingerprint density at radius 1 is 0.971 bits per heavy atom. The third kappa shape index (κ3) is 5.73. The first-order valence-corrected chi connectivity index (χ1v) is 12.7. The normalized spacial score (nSPS) is 19.9. The van der Waals surface area contributed by atoms with Gasteiger partial charge in [-0.05, 0) is 66.6 Å². The molecular weight excluding hydrogens is 448 g/mol. The van der Waals surface area contributed by atoms with Crippen LogP contribution in [0.3, 0.4) is 0 Å². The first-order valence-electron chi connectivity index (χ1n) is 12.7. The maximum absolute atomic E-state index is 12.1. The van der Waals surface area contributed by atoms with E-state index in [0.29, 0.717) is 38.4 Å². The summed E-state index contributed by atoms with van der Waals surface area (Å²) in [5, 5.41) is 9.93. The quantitative estimate of drug-likeness (QED) is 0.487. The van der Waals surface area contributed by atoms with Crippen molar-refractivity contribution in [2.45, 2.75) is 75.8 Å². The topological polar surface area (TPSA) is 83.5 Å². The molecule has 0 amide bonds. The molecule has 35 heavy (non-hydrogen) atoms. The van der Waals surface area contributed by atoms with Gasteiger partial charge in [0.2, 0.25) is 5.60 Å². The van der Waals surface area contributed by atoms with Crippen molar-refractivity contribution < 1.29 is 33.6 Å². The molecule has 2 aliphatic carbocycles. The predicted molar refractivity (Wildman–Crippen MR) is 130 cm³/mol. The zero-order valence-electron chi connectivity index (χ0n) is 20.3. The number of carboxylic acids is 1. The van der Waals surface area contributed by atoms with Crippen LogP contribution in [-0.2, 0) is 20.9 Å². The van der Waals surface area contributed by atoms with Crippen molar-refractivity contribution in [2.24, 2.45) is 0 Å². The summed E-state index contributed by atoms with van der Waals surface area (Å²) in [6.07, 6.45) is 7.87. The van der Waals surface area contributed by atoms with Crippen molar-refractivity contribution in [3.05, 3.63) is 42.0 Å². The van der Waals surface area contributed by atoms with Gasteiger partial charge < -0.3 is 28.8 Å². The van der Waals surface area contributed by atoms with Gasteiger partial charge in [-0.15, -0.1) is 0 Å². The zero-order chi connectivity index (χ0) is 24.3. The van der Waals surface area contributed by atoms with E-state index in [-0.39, 0.29) is 12.2 Å². The van der Waals surface area contributed by atoms with Crippen molar-refractivity contribution >= 4 is 5.97 Å². The Bertz CT molecular complexity index is 1030. The number of benzene rings is 2. The summed E-state index contributed by atoms with van der Waals surface area (Å²) in [7, 11) is 1.65. The van der Waals surface area contributed by atoms with Crippen LogP contribution in [0.4, 0.5) is 0 Å². The molecule has 1 saturated heterocycles. The van der Waals surface area contributed by atoms with E-state index in [4.69, 9.17) is 23.7 Å². The molecule has 188 valence electrons. The highest BCUT2D eigenvalue weighted by atomic mass is 16.5. The standard InChI is InChI=1S/C28H34O7/c1-31-24-14-19(15-25(17-24)34-22-6-7-22)26-9-8-23(16-20(26)18-33-21-4-2-3-5-21)35-28(27(29)30)10-12-32-13-11-28/h8-9,14-17,21-22H,2-7,10-13,18H2,1H3,(H,29,30). The Morgan fingerprint density at radius 3 is 2.40 bits per heavy atom. The molecule has 0 spiro atoms. The predicted octanol–water partition coefficient (Wildman–Crippen LogP) is 5.38. The molecule has 2 saturated carbocycles. The molecule has 0 bridgehead atoms. The van der Waals surface area contributed by atoms with E-state index in [1.165, 1.54) is 12.8 Å². The van der Waals surface area contributed by atoms with E-state index in [1.54, 1.807) is 7.11 Å². The molecule has 7 nitrogen and oxygen atoms in total. The average molecular weight is 483 g/mol. The van der Waals surface area contributed by atoms with Crippen LogP contribution in [0, 0.1) is 0 Å². The van der Waals surface area contributed by atoms with Crippen LogP contribution in [0.15, 0.2) is 36.4 Å². The minimum atomic E-state index is -1.27. The first-order chi connectivity index (χ1) is 17.0. The highest BCUT2D eigenvalue weighted by molar-refractivity contribution is 5.78. The fourth-order valence-electron chi connectivity index (χ4n) is 4.88. The van der Waals surface area contributed by atoms with Crippen LogP contribution in [0.1, 0.15) is 56.9 Å². The van der Waals surface area contributed by atoms with E-state index in [2.05, 4.69) is 0 Å². The maximum atomic E-state index is 12.1. The monoisotopic (exact) mass is 482 g/mol. The minimum absolute atomic E-state index is 0.257. The number of aliphatic carboxylic acids is 1. The highest BCUT2D eigenvalue weighted by Crippen LogP contribution is 2.38. The van der Waals surface area contributed by atoms with Crippen molar-refractivity contribution in [2.75, 3.05) is 20.3 Å². The van der Waals surface area contributed by atoms with Crippen LogP contribution in [0.5, 0.6) is 17.2 Å². The molecule has 0 radical (unpaired) electrons. The minimum Gasteiger partial charge on any atom is -0.497 e. The van der Waals surface area contributed by atoms with Crippen LogP contribution < -0.4 is 14.2 Å². The van der Waals surface area contributed by atoms with Gasteiger partial charge in [-0.2, -0.15) is 0 Å². The van der Waals surface area contributed by atoms with Gasteiger partial charge in [0.15, 0.2) is 0 Å². The molecule has 1 aliphatic heterocycles. The van der Waals surface area contributed by atoms with Crippen molar-refractivity contribution in [1.82, 2.24) is 0 Å². The molecular formula is C28H34O7. The molecule has 2 aromatic carbocycles. The van der Waals surface area contributed by atoms with Gasteiger partial charge in [0.25, 0.3) is 0 Å². The molecule has 0 atom stereocenters. The second-order valence-electron chi connectivity index (χ2n) is 9.76. The Kier molecular flexibility index (Phi) is 7.16. The van der Waals surface area contributed by atoms with Gasteiger partial charge in [0.05, 0.1) is 39.1 Å². The Labute approximate surface area is 206 Å². The lowest BCUT2D eigenvalue weighted by Gasteiger charge is -2.33. The first kappa shape index (κ1) is 23.9. The summed E-state index contributed by atoms with van der Waals surface area (Å²) in [6, 6.07) is 11.7. The van der Waals surface area contributed by atoms with E-state index >= 15 is 0 Å². The van der Waals surface area contributed by atoms with Gasteiger partial charge in [-0.3, -0.25) is 0 Å². The van der Waals surface area contributed by atoms with Crippen LogP contribution in [0.25, 0.3) is 11.1 Å². The largest absolute Gasteiger partial charge is 0.497 e. The number of hydrogen-bond donors (Lipinski definition) is 1. The maximum Gasteiger partial charge on any atom is 0.348 e. The van der Waals surface area contributed by atoms with Crippen LogP contribution in [0.2, 0.25) is 0 Å². The molecule has 3 fully saturated rings. The summed E-state index contributed by atoms with van der Waals surface area (Å²) >= 11 is 0. The van der Waals surface area contributed by atoms with Crippen LogP contribution in [-0.4, -0.2) is 49.2 Å². The molecule has 2 aromatic rings. The SMILES string of the molecule is COc1cc(OC2CC2)cc(-c2ccc(OC3(C(=O)O)CCOCC3)cc2COC2CCCC2)c1. The molecule has 1 N–H and O–H groups in total. The number of carbonyl (C=O) groups is 1. The highest BCUT2D eigenvalue weighted by Gasteiger charge is 2.43. The lowest BCUT2D eigenvalue weighted by atomic mass is 9.93. The second-order valence-corrected chi connectivity index (χ2v) is 9.76. The fraction of sp³-hybridized carbons (Fsp3) is 0.536. The summed E-state index contributed by atoms with van der Waals surface area (Å²) in [5.41, 5.74) is 1.64. The molecule has 1 heterocycles. The Hall–Kier alpha value is -2.77. The van der Waals surface area contributed by atoms with Crippen LogP contribution >= 0.6 is 0 Å². The lowest BCUT2D eigenvalue weighted by molar-refractivity contribution is -0.163. The van der Waals surface area contributed by atoms with Gasteiger partial charge in [0.1, 0.15) is 17.2 Å². The van der Waals surface area contributed by atoms with E-state index in [0.717, 1.165) is 53.9 Å². The van der Waals surface area contributed by atoms with Crippen molar-refractivity contribution in [3.8, 4) is 28.4 Å². The average Bonchev–Trinajstić information content (AvgIpc) is 3.52. The summed E-state index contributed by atoms with van der Waals surface area (Å²) in [6.45, 7) is 1.17. The zero-order valence-corrected chi connectivity index (χ0v) is 20.3. The summed E-state index contributed by atoms with van der Waals surface area (Å²) in [4.78, 5) is 12.1. The van der Waals surface area contributed by atoms with Crippen molar-refractivity contribution in [3.63, 3.8) is 0 Å². The van der Waals surface area contributed by atoms with Gasteiger partial charge >= 0.3 is 5.97 Å².